The van der Waals surface area contributed by atoms with Crippen molar-refractivity contribution in [1.82, 2.24) is 5.32 Å². The van der Waals surface area contributed by atoms with E-state index in [1.165, 1.54) is 19.3 Å². The van der Waals surface area contributed by atoms with Gasteiger partial charge >= 0.3 is 0 Å². The number of carbonyl (C=O) groups excluding carboxylic acids is 2. The summed E-state index contributed by atoms with van der Waals surface area (Å²) in [5.74, 6) is -0.560. The normalized spacial score (nSPS) is 18.4. The van der Waals surface area contributed by atoms with Gasteiger partial charge < -0.3 is 5.32 Å². The summed E-state index contributed by atoms with van der Waals surface area (Å²) in [6.45, 7) is 1.34. The molecule has 0 spiro atoms. The van der Waals surface area contributed by atoms with Crippen LogP contribution < -0.4 is 5.32 Å². The summed E-state index contributed by atoms with van der Waals surface area (Å²) in [5, 5.41) is 2.41. The first-order valence-corrected chi connectivity index (χ1v) is 3.90. The number of nitrogens with zero attached hydrogens (tertiary/aromatic N) is 3. The molecule has 0 aromatic rings. The number of amides is 2. The summed E-state index contributed by atoms with van der Waals surface area (Å²) < 4.78 is 0. The number of nitrogens with one attached hydrogen (secondary N) is 1. The Bertz CT molecular complexity index is 442. The van der Waals surface area contributed by atoms with Crippen molar-refractivity contribution < 1.29 is 9.59 Å². The fourth-order valence-corrected chi connectivity index (χ4v) is 1.12. The molecular formula is C8H6N4O2. The molecule has 1 N–H and O–H groups in total. The lowest BCUT2D eigenvalue weighted by atomic mass is 10.2. The third-order valence-corrected chi connectivity index (χ3v) is 1.63. The number of fused-ring (bicyclic) bond motifs is 1. The Balaban J connectivity index is 2.31. The van der Waals surface area contributed by atoms with Crippen LogP contribution in [0.1, 0.15) is 6.92 Å². The largest absolute Gasteiger partial charge is 0.311 e. The summed E-state index contributed by atoms with van der Waals surface area (Å²) >= 11 is 0. The van der Waals surface area contributed by atoms with Crippen molar-refractivity contribution in [1.29, 1.82) is 0 Å². The molecule has 70 valence electrons. The van der Waals surface area contributed by atoms with Crippen molar-refractivity contribution in [2.75, 3.05) is 0 Å². The van der Waals surface area contributed by atoms with Gasteiger partial charge in [-0.2, -0.15) is 4.99 Å². The lowest BCUT2D eigenvalue weighted by molar-refractivity contribution is -0.117. The average molecular weight is 190 g/mol. The highest BCUT2D eigenvalue weighted by atomic mass is 16.2. The molecule has 0 aliphatic carbocycles. The predicted molar refractivity (Wildman–Crippen MR) is 50.3 cm³/mol. The van der Waals surface area contributed by atoms with Crippen molar-refractivity contribution in [2.24, 2.45) is 15.0 Å². The van der Waals surface area contributed by atoms with Crippen LogP contribution in [-0.4, -0.2) is 29.7 Å². The number of hydrogen-bond acceptors (Lipinski definition) is 4. The van der Waals surface area contributed by atoms with E-state index in [0.29, 0.717) is 5.70 Å². The molecular weight excluding hydrogens is 184 g/mol. The highest BCUT2D eigenvalue weighted by Gasteiger charge is 2.24. The summed E-state index contributed by atoms with van der Waals surface area (Å²) in [6, 6.07) is 0. The standard InChI is InChI=1S/C8H6N4O2/c1-4(13)11-6-2-5-7(8(14)12-6)10-3-9-5/h2-3H,1H3,(H,11,12,13,14). The Labute approximate surface area is 79.2 Å². The van der Waals surface area contributed by atoms with Crippen LogP contribution in [-0.2, 0) is 9.59 Å². The van der Waals surface area contributed by atoms with Crippen LogP contribution in [0.4, 0.5) is 0 Å². The molecule has 0 saturated carbocycles. The zero-order valence-corrected chi connectivity index (χ0v) is 7.31. The molecule has 0 fully saturated rings. The van der Waals surface area contributed by atoms with Crippen LogP contribution in [0.5, 0.6) is 0 Å². The lowest BCUT2D eigenvalue weighted by Gasteiger charge is -2.07. The molecule has 0 unspecified atom stereocenters. The topological polar surface area (TPSA) is 83.2 Å². The fourth-order valence-electron chi connectivity index (χ4n) is 1.12. The molecule has 0 bridgehead atoms. The van der Waals surface area contributed by atoms with Gasteiger partial charge in [0.1, 0.15) is 12.2 Å². The number of amidine groups is 1. The van der Waals surface area contributed by atoms with E-state index in [0.717, 1.165) is 0 Å². The Hall–Kier alpha value is -2.11. The summed E-state index contributed by atoms with van der Waals surface area (Å²) in [6.07, 6.45) is 2.79. The van der Waals surface area contributed by atoms with Gasteiger partial charge in [0.15, 0.2) is 5.71 Å². The third-order valence-electron chi connectivity index (χ3n) is 1.63. The first kappa shape index (κ1) is 8.49. The van der Waals surface area contributed by atoms with Gasteiger partial charge in [0.25, 0.3) is 5.91 Å². The molecule has 2 aliphatic heterocycles. The summed E-state index contributed by atoms with van der Waals surface area (Å²) in [7, 11) is 0. The van der Waals surface area contributed by atoms with Gasteiger partial charge in [0, 0.05) is 13.0 Å². The van der Waals surface area contributed by atoms with E-state index in [9.17, 15) is 9.59 Å². The van der Waals surface area contributed by atoms with E-state index < -0.39 is 5.91 Å². The smallest absolute Gasteiger partial charge is 0.299 e. The predicted octanol–water partition coefficient (Wildman–Crippen LogP) is -0.572. The Morgan fingerprint density at radius 1 is 1.50 bits per heavy atom. The summed E-state index contributed by atoms with van der Waals surface area (Å²) in [5.41, 5.74) is 0.660. The third kappa shape index (κ3) is 1.37. The Morgan fingerprint density at radius 3 is 3.00 bits per heavy atom. The quantitative estimate of drug-likeness (QED) is 0.554. The second-order valence-electron chi connectivity index (χ2n) is 2.74. The van der Waals surface area contributed by atoms with Crippen LogP contribution in [0.25, 0.3) is 0 Å². The van der Waals surface area contributed by atoms with E-state index in [-0.39, 0.29) is 17.5 Å². The van der Waals surface area contributed by atoms with Crippen LogP contribution in [0.15, 0.2) is 26.8 Å². The molecule has 0 radical (unpaired) electrons. The second-order valence-corrected chi connectivity index (χ2v) is 2.74. The van der Waals surface area contributed by atoms with E-state index in [2.05, 4.69) is 20.3 Å². The molecule has 2 heterocycles. The SMILES string of the molecule is CC(=O)NC1=NC(=O)C2=NC=NC2=C1. The maximum atomic E-state index is 11.3. The first-order chi connectivity index (χ1) is 6.66. The van der Waals surface area contributed by atoms with E-state index in [1.54, 1.807) is 0 Å². The molecule has 0 atom stereocenters. The van der Waals surface area contributed by atoms with Gasteiger partial charge in [-0.1, -0.05) is 0 Å². The molecule has 0 saturated heterocycles. The molecule has 2 amide bonds. The monoisotopic (exact) mass is 190 g/mol. The van der Waals surface area contributed by atoms with Crippen molar-refractivity contribution in [3.05, 3.63) is 11.8 Å². The minimum Gasteiger partial charge on any atom is -0.311 e. The van der Waals surface area contributed by atoms with Gasteiger partial charge in [0.05, 0.1) is 5.70 Å². The zero-order valence-electron chi connectivity index (χ0n) is 7.31. The first-order valence-electron chi connectivity index (χ1n) is 3.90. The molecule has 2 aliphatic rings. The van der Waals surface area contributed by atoms with Crippen LogP contribution >= 0.6 is 0 Å². The molecule has 6 nitrogen and oxygen atoms in total. The molecule has 0 aromatic heterocycles. The number of rotatable bonds is 0. The average Bonchev–Trinajstić information content (AvgIpc) is 2.50. The number of hydrogen-bond donors (Lipinski definition) is 1. The molecule has 6 heteroatoms. The van der Waals surface area contributed by atoms with Gasteiger partial charge in [-0.25, -0.2) is 9.98 Å². The number of aliphatic imine (C=N–C) groups is 3. The fraction of sp³-hybridized carbons (Fsp3) is 0.125. The van der Waals surface area contributed by atoms with Crippen molar-refractivity contribution in [3.8, 4) is 0 Å². The number of dihydropyridines is 1. The second kappa shape index (κ2) is 2.99. The molecule has 0 aromatic carbocycles. The Kier molecular flexibility index (Phi) is 1.81. The number of carbonyl (C=O) groups is 2. The van der Waals surface area contributed by atoms with Crippen LogP contribution in [0.2, 0.25) is 0 Å². The molecule has 2 rings (SSSR count). The van der Waals surface area contributed by atoms with E-state index in [1.807, 2.05) is 0 Å². The highest BCUT2D eigenvalue weighted by Crippen LogP contribution is 2.11. The van der Waals surface area contributed by atoms with Crippen molar-refractivity contribution in [2.45, 2.75) is 6.92 Å². The van der Waals surface area contributed by atoms with Crippen LogP contribution in [0, 0.1) is 0 Å². The zero-order chi connectivity index (χ0) is 10.1. The van der Waals surface area contributed by atoms with Gasteiger partial charge in [-0.15, -0.1) is 0 Å². The van der Waals surface area contributed by atoms with Crippen molar-refractivity contribution >= 4 is 29.7 Å². The lowest BCUT2D eigenvalue weighted by Crippen LogP contribution is -2.32. The maximum Gasteiger partial charge on any atom is 0.299 e. The van der Waals surface area contributed by atoms with E-state index >= 15 is 0 Å². The van der Waals surface area contributed by atoms with Gasteiger partial charge in [-0.05, 0) is 0 Å². The van der Waals surface area contributed by atoms with Crippen molar-refractivity contribution in [3.63, 3.8) is 0 Å². The highest BCUT2D eigenvalue weighted by molar-refractivity contribution is 6.51. The minimum absolute atomic E-state index is 0.204. The molecule has 14 heavy (non-hydrogen) atoms. The van der Waals surface area contributed by atoms with Gasteiger partial charge in [-0.3, -0.25) is 9.59 Å². The Morgan fingerprint density at radius 2 is 2.29 bits per heavy atom. The summed E-state index contributed by atoms with van der Waals surface area (Å²) in [4.78, 5) is 33.2. The minimum atomic E-state index is -0.483. The maximum absolute atomic E-state index is 11.3. The van der Waals surface area contributed by atoms with Crippen LogP contribution in [0.3, 0.4) is 0 Å². The van der Waals surface area contributed by atoms with Gasteiger partial charge in [0.2, 0.25) is 5.91 Å². The van der Waals surface area contributed by atoms with E-state index in [4.69, 9.17) is 0 Å².